The Kier molecular flexibility index (Phi) is 6.77. The summed E-state index contributed by atoms with van der Waals surface area (Å²) >= 11 is 0. The minimum Gasteiger partial charge on any atom is -0.309 e. The summed E-state index contributed by atoms with van der Waals surface area (Å²) in [5, 5.41) is 32.8. The fraction of sp³-hybridized carbons (Fsp3) is 0.205. The standard InChI is InChI=1S/C39H32N4/c1-38(2,18-19-39(3,4)35-16-12-28(25-42)33-20-26(23-40)10-14-31(33)35)29-13-15-32-34-21-27(24-41)11-17-36(34)43(37(32)22-29)30-8-6-5-7-9-30/h5-17,20-22H,18-19H2,1-4H3. The summed E-state index contributed by atoms with van der Waals surface area (Å²) in [6.45, 7) is 9.16. The molecule has 0 bridgehead atoms. The first kappa shape index (κ1) is 27.8. The van der Waals surface area contributed by atoms with Gasteiger partial charge in [-0.25, -0.2) is 0 Å². The van der Waals surface area contributed by atoms with Gasteiger partial charge in [0.2, 0.25) is 0 Å². The molecule has 0 saturated carbocycles. The minimum atomic E-state index is -0.158. The van der Waals surface area contributed by atoms with E-state index in [0.717, 1.165) is 51.1 Å². The van der Waals surface area contributed by atoms with Crippen LogP contribution in [0.1, 0.15) is 68.4 Å². The summed E-state index contributed by atoms with van der Waals surface area (Å²) < 4.78 is 2.30. The molecule has 0 unspecified atom stereocenters. The highest BCUT2D eigenvalue weighted by atomic mass is 15.0. The SMILES string of the molecule is CC(C)(CCC(C)(C)c1ccc(C#N)c2cc(C#N)ccc12)c1ccc2c3cc(C#N)ccc3n(-c3ccccc3)c2c1. The molecule has 1 heterocycles. The van der Waals surface area contributed by atoms with Crippen molar-refractivity contribution >= 4 is 32.6 Å². The van der Waals surface area contributed by atoms with Gasteiger partial charge in [-0.15, -0.1) is 0 Å². The van der Waals surface area contributed by atoms with Crippen LogP contribution >= 0.6 is 0 Å². The second-order valence-electron chi connectivity index (χ2n) is 12.7. The second kappa shape index (κ2) is 10.5. The quantitative estimate of drug-likeness (QED) is 0.205. The highest BCUT2D eigenvalue weighted by Crippen LogP contribution is 2.41. The molecule has 0 aliphatic rings. The maximum absolute atomic E-state index is 9.72. The van der Waals surface area contributed by atoms with Gasteiger partial charge >= 0.3 is 0 Å². The predicted molar refractivity (Wildman–Crippen MR) is 174 cm³/mol. The number of hydrogen-bond acceptors (Lipinski definition) is 3. The van der Waals surface area contributed by atoms with Gasteiger partial charge in [0, 0.05) is 21.8 Å². The van der Waals surface area contributed by atoms with Crippen LogP contribution in [0.25, 0.3) is 38.3 Å². The van der Waals surface area contributed by atoms with Gasteiger partial charge in [0.05, 0.1) is 45.9 Å². The lowest BCUT2D eigenvalue weighted by Crippen LogP contribution is -2.24. The average Bonchev–Trinajstić information content (AvgIpc) is 3.36. The third kappa shape index (κ3) is 4.80. The van der Waals surface area contributed by atoms with Crippen molar-refractivity contribution in [2.24, 2.45) is 0 Å². The maximum Gasteiger partial charge on any atom is 0.0998 e. The Labute approximate surface area is 252 Å². The lowest BCUT2D eigenvalue weighted by Gasteiger charge is -2.33. The Bertz CT molecular complexity index is 2160. The van der Waals surface area contributed by atoms with Crippen LogP contribution in [0.15, 0.2) is 97.1 Å². The molecule has 0 saturated heterocycles. The Morgan fingerprint density at radius 2 is 1.21 bits per heavy atom. The highest BCUT2D eigenvalue weighted by Gasteiger charge is 2.29. The van der Waals surface area contributed by atoms with Crippen molar-refractivity contribution in [2.45, 2.75) is 51.4 Å². The van der Waals surface area contributed by atoms with Crippen molar-refractivity contribution in [1.82, 2.24) is 4.57 Å². The Hall–Kier alpha value is -5.37. The van der Waals surface area contributed by atoms with E-state index in [4.69, 9.17) is 0 Å². The van der Waals surface area contributed by atoms with E-state index in [1.165, 1.54) is 11.1 Å². The molecule has 0 N–H and O–H groups in total. The van der Waals surface area contributed by atoms with Crippen LogP contribution in [0.3, 0.4) is 0 Å². The smallest absolute Gasteiger partial charge is 0.0998 e. The summed E-state index contributed by atoms with van der Waals surface area (Å²) in [6.07, 6.45) is 1.89. The van der Waals surface area contributed by atoms with Gasteiger partial charge in [-0.05, 0) is 94.8 Å². The van der Waals surface area contributed by atoms with Crippen molar-refractivity contribution in [1.29, 1.82) is 15.8 Å². The third-order valence-corrected chi connectivity index (χ3v) is 9.06. The molecule has 1 aromatic heterocycles. The number of para-hydroxylation sites is 1. The zero-order chi connectivity index (χ0) is 30.4. The van der Waals surface area contributed by atoms with Crippen LogP contribution < -0.4 is 0 Å². The summed E-state index contributed by atoms with van der Waals surface area (Å²) in [7, 11) is 0. The van der Waals surface area contributed by atoms with E-state index in [0.29, 0.717) is 16.7 Å². The zero-order valence-corrected chi connectivity index (χ0v) is 24.9. The van der Waals surface area contributed by atoms with Crippen LogP contribution in [0.2, 0.25) is 0 Å². The van der Waals surface area contributed by atoms with Crippen LogP contribution in [-0.4, -0.2) is 4.57 Å². The van der Waals surface area contributed by atoms with E-state index in [2.05, 4.69) is 105 Å². The topological polar surface area (TPSA) is 76.3 Å². The number of rotatable bonds is 6. The van der Waals surface area contributed by atoms with Gasteiger partial charge in [-0.2, -0.15) is 15.8 Å². The first-order valence-electron chi connectivity index (χ1n) is 14.6. The zero-order valence-electron chi connectivity index (χ0n) is 24.9. The van der Waals surface area contributed by atoms with Crippen molar-refractivity contribution in [3.05, 3.63) is 125 Å². The molecule has 0 spiro atoms. The molecule has 4 heteroatoms. The van der Waals surface area contributed by atoms with Crippen molar-refractivity contribution in [2.75, 3.05) is 0 Å². The largest absolute Gasteiger partial charge is 0.309 e. The lowest BCUT2D eigenvalue weighted by molar-refractivity contribution is 0.376. The molecule has 0 aliphatic carbocycles. The van der Waals surface area contributed by atoms with Crippen molar-refractivity contribution < 1.29 is 0 Å². The highest BCUT2D eigenvalue weighted by molar-refractivity contribution is 6.10. The van der Waals surface area contributed by atoms with Crippen LogP contribution in [-0.2, 0) is 10.8 Å². The molecule has 0 amide bonds. The molecular weight excluding hydrogens is 524 g/mol. The molecule has 4 nitrogen and oxygen atoms in total. The molecule has 0 radical (unpaired) electrons. The first-order chi connectivity index (χ1) is 20.7. The van der Waals surface area contributed by atoms with Gasteiger partial charge in [-0.1, -0.05) is 70.2 Å². The minimum absolute atomic E-state index is 0.113. The first-order valence-corrected chi connectivity index (χ1v) is 14.6. The number of hydrogen-bond donors (Lipinski definition) is 0. The predicted octanol–water partition coefficient (Wildman–Crippen LogP) is 9.59. The van der Waals surface area contributed by atoms with E-state index in [1.807, 2.05) is 42.5 Å². The van der Waals surface area contributed by atoms with Gasteiger partial charge in [0.1, 0.15) is 0 Å². The molecule has 5 aromatic carbocycles. The van der Waals surface area contributed by atoms with Gasteiger partial charge in [0.25, 0.3) is 0 Å². The van der Waals surface area contributed by atoms with Gasteiger partial charge in [0.15, 0.2) is 0 Å². The Balaban J connectivity index is 1.39. The molecular formula is C39H32N4. The van der Waals surface area contributed by atoms with Gasteiger partial charge < -0.3 is 4.57 Å². The molecule has 6 aromatic rings. The maximum atomic E-state index is 9.72. The van der Waals surface area contributed by atoms with Gasteiger partial charge in [-0.3, -0.25) is 0 Å². The number of fused-ring (bicyclic) bond motifs is 4. The lowest BCUT2D eigenvalue weighted by atomic mass is 9.71. The third-order valence-electron chi connectivity index (χ3n) is 9.06. The summed E-state index contributed by atoms with van der Waals surface area (Å²) in [6, 6.07) is 39.5. The molecule has 0 aliphatic heterocycles. The number of nitriles is 3. The van der Waals surface area contributed by atoms with E-state index in [-0.39, 0.29) is 10.8 Å². The Morgan fingerprint density at radius 3 is 1.91 bits per heavy atom. The molecule has 0 fully saturated rings. The van der Waals surface area contributed by atoms with E-state index >= 15 is 0 Å². The normalized spacial score (nSPS) is 11.8. The monoisotopic (exact) mass is 556 g/mol. The summed E-state index contributed by atoms with van der Waals surface area (Å²) in [4.78, 5) is 0. The molecule has 0 atom stereocenters. The number of aromatic nitrogens is 1. The number of nitrogens with zero attached hydrogens (tertiary/aromatic N) is 4. The summed E-state index contributed by atoms with van der Waals surface area (Å²) in [5.74, 6) is 0. The van der Waals surface area contributed by atoms with Crippen molar-refractivity contribution in [3.63, 3.8) is 0 Å². The summed E-state index contributed by atoms with van der Waals surface area (Å²) in [5.41, 5.74) is 7.31. The van der Waals surface area contributed by atoms with E-state index < -0.39 is 0 Å². The van der Waals surface area contributed by atoms with Crippen molar-refractivity contribution in [3.8, 4) is 23.9 Å². The van der Waals surface area contributed by atoms with E-state index in [1.54, 1.807) is 0 Å². The average molecular weight is 557 g/mol. The molecule has 6 rings (SSSR count). The van der Waals surface area contributed by atoms with E-state index in [9.17, 15) is 15.8 Å². The Morgan fingerprint density at radius 1 is 0.558 bits per heavy atom. The fourth-order valence-electron chi connectivity index (χ4n) is 6.38. The molecule has 208 valence electrons. The number of benzene rings is 5. The van der Waals surface area contributed by atoms with Crippen LogP contribution in [0, 0.1) is 34.0 Å². The molecule has 43 heavy (non-hydrogen) atoms. The van der Waals surface area contributed by atoms with Crippen LogP contribution in [0.4, 0.5) is 0 Å². The van der Waals surface area contributed by atoms with Crippen LogP contribution in [0.5, 0.6) is 0 Å². The fourth-order valence-corrected chi connectivity index (χ4v) is 6.38. The second-order valence-corrected chi connectivity index (χ2v) is 12.7.